The van der Waals surface area contributed by atoms with Crippen LogP contribution < -0.4 is 11.1 Å². The summed E-state index contributed by atoms with van der Waals surface area (Å²) in [6.45, 7) is -0.587. The zero-order valence-corrected chi connectivity index (χ0v) is 11.0. The maximum absolute atomic E-state index is 12.7. The molecule has 0 unspecified atom stereocenters. The first-order valence-electron chi connectivity index (χ1n) is 5.90. The smallest absolute Gasteiger partial charge is 0.382 e. The zero-order valence-electron chi connectivity index (χ0n) is 11.0. The lowest BCUT2D eigenvalue weighted by Crippen LogP contribution is -2.40. The van der Waals surface area contributed by atoms with E-state index in [0.29, 0.717) is 0 Å². The predicted octanol–water partition coefficient (Wildman–Crippen LogP) is 0.0974. The Hall–Kier alpha value is -2.17. The van der Waals surface area contributed by atoms with Crippen molar-refractivity contribution in [2.75, 3.05) is 26.0 Å². The first-order chi connectivity index (χ1) is 9.82. The number of urea groups is 1. The van der Waals surface area contributed by atoms with Gasteiger partial charge in [-0.3, -0.25) is 0 Å². The molecule has 116 valence electrons. The van der Waals surface area contributed by atoms with Crippen molar-refractivity contribution in [3.63, 3.8) is 0 Å². The van der Waals surface area contributed by atoms with Crippen molar-refractivity contribution in [2.45, 2.75) is 18.3 Å². The zero-order chi connectivity index (χ0) is 15.6. The summed E-state index contributed by atoms with van der Waals surface area (Å²) in [4.78, 5) is 16.6. The summed E-state index contributed by atoms with van der Waals surface area (Å²) in [6, 6.07) is -3.62. The van der Waals surface area contributed by atoms with Gasteiger partial charge in [-0.25, -0.2) is 9.78 Å². The number of nitrogens with zero attached hydrogens (tertiary/aromatic N) is 4. The van der Waals surface area contributed by atoms with Crippen LogP contribution in [0.25, 0.3) is 0 Å². The number of amides is 2. The molecule has 2 atom stereocenters. The average Bonchev–Trinajstić information content (AvgIpc) is 2.78. The minimum absolute atomic E-state index is 0.0455. The number of halogens is 3. The summed E-state index contributed by atoms with van der Waals surface area (Å²) in [7, 11) is 1.36. The highest BCUT2D eigenvalue weighted by Gasteiger charge is 2.48. The lowest BCUT2D eigenvalue weighted by atomic mass is 10.2. The number of anilines is 1. The summed E-state index contributed by atoms with van der Waals surface area (Å²) < 4.78 is 43.0. The first-order valence-corrected chi connectivity index (χ1v) is 5.90. The van der Waals surface area contributed by atoms with Crippen LogP contribution in [0.1, 0.15) is 11.7 Å². The SMILES string of the molecule is COC[C@H](c1cnnc(N)n1)N1C[C@@H](C(F)(F)F)NC1=O. The molecule has 1 aromatic heterocycles. The van der Waals surface area contributed by atoms with Crippen molar-refractivity contribution in [2.24, 2.45) is 0 Å². The van der Waals surface area contributed by atoms with Gasteiger partial charge in [-0.05, 0) is 0 Å². The maximum atomic E-state index is 12.7. The molecule has 0 saturated carbocycles. The van der Waals surface area contributed by atoms with Gasteiger partial charge in [-0.15, -0.1) is 5.10 Å². The highest BCUT2D eigenvalue weighted by atomic mass is 19.4. The number of carbonyl (C=O) groups excluding carboxylic acids is 1. The third-order valence-corrected chi connectivity index (χ3v) is 2.97. The molecule has 0 radical (unpaired) electrons. The number of nitrogens with one attached hydrogen (secondary N) is 1. The van der Waals surface area contributed by atoms with Gasteiger partial charge in [0.05, 0.1) is 25.0 Å². The predicted molar refractivity (Wildman–Crippen MR) is 63.9 cm³/mol. The van der Waals surface area contributed by atoms with Gasteiger partial charge in [-0.2, -0.15) is 18.3 Å². The van der Waals surface area contributed by atoms with Gasteiger partial charge >= 0.3 is 12.2 Å². The van der Waals surface area contributed by atoms with Crippen LogP contribution in [0, 0.1) is 0 Å². The molecule has 2 rings (SSSR count). The molecule has 3 N–H and O–H groups in total. The van der Waals surface area contributed by atoms with E-state index >= 15 is 0 Å². The fraction of sp³-hybridized carbons (Fsp3) is 0.600. The molecule has 2 amide bonds. The monoisotopic (exact) mass is 306 g/mol. The van der Waals surface area contributed by atoms with Gasteiger partial charge in [0.2, 0.25) is 5.95 Å². The van der Waals surface area contributed by atoms with E-state index in [2.05, 4.69) is 15.2 Å². The summed E-state index contributed by atoms with van der Waals surface area (Å²) in [5.41, 5.74) is 5.61. The highest BCUT2D eigenvalue weighted by molar-refractivity contribution is 5.77. The molecule has 1 aliphatic rings. The normalized spacial score (nSPS) is 20.5. The van der Waals surface area contributed by atoms with Crippen LogP contribution in [0.4, 0.5) is 23.9 Å². The van der Waals surface area contributed by atoms with Gasteiger partial charge in [-0.1, -0.05) is 0 Å². The molecule has 0 bridgehead atoms. The number of ether oxygens (including phenoxy) is 1. The Morgan fingerprint density at radius 3 is 2.86 bits per heavy atom. The fourth-order valence-electron chi connectivity index (χ4n) is 2.00. The Morgan fingerprint density at radius 1 is 1.62 bits per heavy atom. The average molecular weight is 306 g/mol. The Bertz CT molecular complexity index is 526. The van der Waals surface area contributed by atoms with Gasteiger partial charge in [0.1, 0.15) is 12.1 Å². The molecule has 1 aromatic rings. The van der Waals surface area contributed by atoms with Crippen LogP contribution in [-0.4, -0.2) is 58.6 Å². The van der Waals surface area contributed by atoms with Crippen LogP contribution >= 0.6 is 0 Å². The second-order valence-corrected chi connectivity index (χ2v) is 4.41. The van der Waals surface area contributed by atoms with Crippen LogP contribution in [0.2, 0.25) is 0 Å². The number of nitrogens with two attached hydrogens (primary N) is 1. The summed E-state index contributed by atoms with van der Waals surface area (Å²) in [5, 5.41) is 8.92. The number of rotatable bonds is 4. The van der Waals surface area contributed by atoms with Gasteiger partial charge in [0, 0.05) is 7.11 Å². The molecule has 11 heteroatoms. The summed E-state index contributed by atoms with van der Waals surface area (Å²) >= 11 is 0. The Kier molecular flexibility index (Phi) is 4.11. The number of alkyl halides is 3. The molecular weight excluding hydrogens is 293 g/mol. The Balaban J connectivity index is 2.25. The number of aromatic nitrogens is 3. The Morgan fingerprint density at radius 2 is 2.33 bits per heavy atom. The molecular formula is C10H13F3N6O2. The van der Waals surface area contributed by atoms with E-state index in [0.717, 1.165) is 4.90 Å². The minimum atomic E-state index is -4.52. The van der Waals surface area contributed by atoms with Crippen LogP contribution in [0.5, 0.6) is 0 Å². The maximum Gasteiger partial charge on any atom is 0.410 e. The summed E-state index contributed by atoms with van der Waals surface area (Å²) in [6.07, 6.45) is -3.29. The quantitative estimate of drug-likeness (QED) is 0.817. The van der Waals surface area contributed by atoms with Crippen molar-refractivity contribution >= 4 is 12.0 Å². The number of methoxy groups -OCH3 is 1. The van der Waals surface area contributed by atoms with Crippen LogP contribution in [0.15, 0.2) is 6.20 Å². The van der Waals surface area contributed by atoms with E-state index in [1.165, 1.54) is 13.3 Å². The fourth-order valence-corrected chi connectivity index (χ4v) is 2.00. The van der Waals surface area contributed by atoms with Crippen molar-refractivity contribution in [3.8, 4) is 0 Å². The van der Waals surface area contributed by atoms with Crippen molar-refractivity contribution in [1.82, 2.24) is 25.4 Å². The van der Waals surface area contributed by atoms with Crippen molar-refractivity contribution in [1.29, 1.82) is 0 Å². The highest BCUT2D eigenvalue weighted by Crippen LogP contribution is 2.29. The largest absolute Gasteiger partial charge is 0.410 e. The topological polar surface area (TPSA) is 106 Å². The Labute approximate surface area is 117 Å². The third kappa shape index (κ3) is 3.29. The van der Waals surface area contributed by atoms with Crippen molar-refractivity contribution < 1.29 is 22.7 Å². The second kappa shape index (κ2) is 5.68. The van der Waals surface area contributed by atoms with E-state index in [4.69, 9.17) is 10.5 Å². The molecule has 0 aliphatic carbocycles. The van der Waals surface area contributed by atoms with Crippen LogP contribution in [-0.2, 0) is 4.74 Å². The van der Waals surface area contributed by atoms with Crippen LogP contribution in [0.3, 0.4) is 0 Å². The van der Waals surface area contributed by atoms with E-state index < -0.39 is 30.8 Å². The third-order valence-electron chi connectivity index (χ3n) is 2.97. The molecule has 21 heavy (non-hydrogen) atoms. The molecule has 0 aromatic carbocycles. The van der Waals surface area contributed by atoms with Gasteiger partial charge < -0.3 is 20.7 Å². The van der Waals surface area contributed by atoms with Gasteiger partial charge in [0.25, 0.3) is 0 Å². The number of carbonyl (C=O) groups is 1. The number of nitrogen functional groups attached to an aromatic ring is 1. The molecule has 0 spiro atoms. The first kappa shape index (κ1) is 15.2. The second-order valence-electron chi connectivity index (χ2n) is 4.41. The molecule has 2 heterocycles. The summed E-state index contributed by atoms with van der Waals surface area (Å²) in [5.74, 6) is -0.138. The van der Waals surface area contributed by atoms with E-state index in [1.54, 1.807) is 0 Å². The lowest BCUT2D eigenvalue weighted by molar-refractivity contribution is -0.150. The molecule has 8 nitrogen and oxygen atoms in total. The van der Waals surface area contributed by atoms with E-state index in [-0.39, 0.29) is 18.2 Å². The van der Waals surface area contributed by atoms with Gasteiger partial charge in [0.15, 0.2) is 0 Å². The van der Waals surface area contributed by atoms with E-state index in [1.807, 2.05) is 5.32 Å². The van der Waals surface area contributed by atoms with Crippen molar-refractivity contribution in [3.05, 3.63) is 11.9 Å². The number of hydrogen-bond acceptors (Lipinski definition) is 6. The molecule has 1 saturated heterocycles. The number of hydrogen-bond donors (Lipinski definition) is 2. The van der Waals surface area contributed by atoms with E-state index in [9.17, 15) is 18.0 Å². The molecule has 1 aliphatic heterocycles. The minimum Gasteiger partial charge on any atom is -0.382 e. The standard InChI is InChI=1S/C10H13F3N6O2/c1-21-4-6(5-2-15-18-8(14)16-5)19-3-7(10(11,12)13)17-9(19)20/h2,6-7H,3-4H2,1H3,(H,17,20)(H2,14,16,18)/t6-,7+/m1/s1. The lowest BCUT2D eigenvalue weighted by Gasteiger charge is -2.25. The molecule has 1 fully saturated rings.